The van der Waals surface area contributed by atoms with E-state index in [1.807, 2.05) is 20.8 Å². The van der Waals surface area contributed by atoms with Gasteiger partial charge in [0.15, 0.2) is 0 Å². The Morgan fingerprint density at radius 1 is 1.46 bits per heavy atom. The Balaban J connectivity index is 3.50. The molecule has 0 aromatic carbocycles. The van der Waals surface area contributed by atoms with Gasteiger partial charge in [-0.25, -0.2) is 0 Å². The lowest BCUT2D eigenvalue weighted by atomic mass is 10.2. The van der Waals surface area contributed by atoms with Gasteiger partial charge >= 0.3 is 0 Å². The molecule has 0 aliphatic heterocycles. The monoisotopic (exact) mass is 189 g/mol. The van der Waals surface area contributed by atoms with E-state index in [9.17, 15) is 4.79 Å². The Morgan fingerprint density at radius 2 is 2.08 bits per heavy atom. The van der Waals surface area contributed by atoms with Crippen molar-refractivity contribution in [2.75, 3.05) is 13.2 Å². The smallest absolute Gasteiger partial charge is 0.246 e. The van der Waals surface area contributed by atoms with Crippen LogP contribution in [0.2, 0.25) is 0 Å². The average Bonchev–Trinajstić information content (AvgIpc) is 2.01. The molecule has 4 heteroatoms. The molecule has 1 amide bonds. The molecular formula is C9H19NO3. The van der Waals surface area contributed by atoms with Crippen LogP contribution in [0.3, 0.4) is 0 Å². The Kier molecular flexibility index (Phi) is 6.54. The highest BCUT2D eigenvalue weighted by Gasteiger charge is 2.07. The molecule has 0 aromatic rings. The molecule has 0 radical (unpaired) electrons. The number of hydrogen-bond acceptors (Lipinski definition) is 3. The van der Waals surface area contributed by atoms with Gasteiger partial charge in [0.1, 0.15) is 6.61 Å². The van der Waals surface area contributed by atoms with Crippen LogP contribution in [0.15, 0.2) is 0 Å². The van der Waals surface area contributed by atoms with Crippen LogP contribution in [0.1, 0.15) is 27.2 Å². The SMILES string of the molecule is CC(CCO)NC(=O)COC(C)C. The molecule has 13 heavy (non-hydrogen) atoms. The number of rotatable bonds is 6. The standard InChI is InChI=1S/C9H19NO3/c1-7(2)13-6-9(12)10-8(3)4-5-11/h7-8,11H,4-6H2,1-3H3,(H,10,12). The summed E-state index contributed by atoms with van der Waals surface area (Å²) < 4.78 is 5.11. The maximum Gasteiger partial charge on any atom is 0.246 e. The van der Waals surface area contributed by atoms with Crippen LogP contribution in [0, 0.1) is 0 Å². The van der Waals surface area contributed by atoms with Crippen molar-refractivity contribution in [1.82, 2.24) is 5.32 Å². The van der Waals surface area contributed by atoms with Crippen molar-refractivity contribution in [2.24, 2.45) is 0 Å². The molecule has 78 valence electrons. The summed E-state index contributed by atoms with van der Waals surface area (Å²) in [6.45, 7) is 5.79. The topological polar surface area (TPSA) is 58.6 Å². The van der Waals surface area contributed by atoms with Crippen LogP contribution in [0.25, 0.3) is 0 Å². The molecule has 0 saturated carbocycles. The van der Waals surface area contributed by atoms with Crippen molar-refractivity contribution in [3.05, 3.63) is 0 Å². The van der Waals surface area contributed by atoms with Gasteiger partial charge in [-0.15, -0.1) is 0 Å². The minimum absolute atomic E-state index is 0.00765. The summed E-state index contributed by atoms with van der Waals surface area (Å²) in [7, 11) is 0. The molecule has 0 aromatic heterocycles. The van der Waals surface area contributed by atoms with Crippen molar-refractivity contribution in [1.29, 1.82) is 0 Å². The van der Waals surface area contributed by atoms with Crippen LogP contribution < -0.4 is 5.32 Å². The second-order valence-electron chi connectivity index (χ2n) is 3.34. The second-order valence-corrected chi connectivity index (χ2v) is 3.34. The molecule has 0 saturated heterocycles. The first-order valence-electron chi connectivity index (χ1n) is 4.58. The number of aliphatic hydroxyl groups excluding tert-OH is 1. The van der Waals surface area contributed by atoms with E-state index in [0.717, 1.165) is 0 Å². The van der Waals surface area contributed by atoms with Crippen LogP contribution in [0.5, 0.6) is 0 Å². The highest BCUT2D eigenvalue weighted by Crippen LogP contribution is 1.90. The number of aliphatic hydroxyl groups is 1. The molecular weight excluding hydrogens is 170 g/mol. The molecule has 1 unspecified atom stereocenters. The lowest BCUT2D eigenvalue weighted by Crippen LogP contribution is -2.36. The number of hydrogen-bond donors (Lipinski definition) is 2. The van der Waals surface area contributed by atoms with E-state index < -0.39 is 0 Å². The lowest BCUT2D eigenvalue weighted by molar-refractivity contribution is -0.127. The highest BCUT2D eigenvalue weighted by molar-refractivity contribution is 5.77. The zero-order chi connectivity index (χ0) is 10.3. The van der Waals surface area contributed by atoms with Crippen molar-refractivity contribution < 1.29 is 14.6 Å². The number of carbonyl (C=O) groups excluding carboxylic acids is 1. The molecule has 0 rings (SSSR count). The highest BCUT2D eigenvalue weighted by atomic mass is 16.5. The summed E-state index contributed by atoms with van der Waals surface area (Å²) in [5.74, 6) is -0.130. The van der Waals surface area contributed by atoms with Gasteiger partial charge in [0.05, 0.1) is 6.10 Å². The van der Waals surface area contributed by atoms with E-state index in [1.165, 1.54) is 0 Å². The average molecular weight is 189 g/mol. The van der Waals surface area contributed by atoms with E-state index in [-0.39, 0.29) is 31.3 Å². The molecule has 2 N–H and O–H groups in total. The quantitative estimate of drug-likeness (QED) is 0.631. The predicted molar refractivity (Wildman–Crippen MR) is 50.4 cm³/mol. The Labute approximate surface area is 79.3 Å². The van der Waals surface area contributed by atoms with Crippen LogP contribution in [-0.4, -0.2) is 36.4 Å². The fourth-order valence-corrected chi connectivity index (χ4v) is 0.825. The van der Waals surface area contributed by atoms with Crippen molar-refractivity contribution >= 4 is 5.91 Å². The van der Waals surface area contributed by atoms with Crippen LogP contribution in [0.4, 0.5) is 0 Å². The molecule has 0 heterocycles. The van der Waals surface area contributed by atoms with Crippen LogP contribution >= 0.6 is 0 Å². The molecule has 0 fully saturated rings. The molecule has 1 atom stereocenters. The third-order valence-electron chi connectivity index (χ3n) is 1.52. The van der Waals surface area contributed by atoms with Gasteiger partial charge in [0.25, 0.3) is 0 Å². The minimum Gasteiger partial charge on any atom is -0.396 e. The summed E-state index contributed by atoms with van der Waals surface area (Å²) >= 11 is 0. The van der Waals surface area contributed by atoms with E-state index in [4.69, 9.17) is 9.84 Å². The van der Waals surface area contributed by atoms with Gasteiger partial charge in [-0.05, 0) is 27.2 Å². The number of carbonyl (C=O) groups is 1. The number of nitrogens with one attached hydrogen (secondary N) is 1. The van der Waals surface area contributed by atoms with Gasteiger partial charge in [0, 0.05) is 12.6 Å². The Hall–Kier alpha value is -0.610. The second kappa shape index (κ2) is 6.86. The maximum atomic E-state index is 11.1. The summed E-state index contributed by atoms with van der Waals surface area (Å²) in [5, 5.41) is 11.3. The maximum absolute atomic E-state index is 11.1. The van der Waals surface area contributed by atoms with E-state index in [2.05, 4.69) is 5.32 Å². The lowest BCUT2D eigenvalue weighted by Gasteiger charge is -2.13. The zero-order valence-electron chi connectivity index (χ0n) is 8.54. The normalized spacial score (nSPS) is 13.0. The van der Waals surface area contributed by atoms with Gasteiger partial charge < -0.3 is 15.2 Å². The fraction of sp³-hybridized carbons (Fsp3) is 0.889. The van der Waals surface area contributed by atoms with Gasteiger partial charge in [-0.3, -0.25) is 4.79 Å². The Morgan fingerprint density at radius 3 is 2.54 bits per heavy atom. The third kappa shape index (κ3) is 7.74. The summed E-state index contributed by atoms with van der Waals surface area (Å²) in [6.07, 6.45) is 0.645. The molecule has 0 spiro atoms. The first-order chi connectivity index (χ1) is 6.06. The molecule has 0 bridgehead atoms. The fourth-order valence-electron chi connectivity index (χ4n) is 0.825. The first-order valence-corrected chi connectivity index (χ1v) is 4.58. The van der Waals surface area contributed by atoms with Crippen molar-refractivity contribution in [2.45, 2.75) is 39.3 Å². The zero-order valence-corrected chi connectivity index (χ0v) is 8.54. The third-order valence-corrected chi connectivity index (χ3v) is 1.52. The predicted octanol–water partition coefficient (Wildman–Crippen LogP) is 0.298. The van der Waals surface area contributed by atoms with Gasteiger partial charge in [-0.2, -0.15) is 0 Å². The Bertz CT molecular complexity index is 148. The largest absolute Gasteiger partial charge is 0.396 e. The van der Waals surface area contributed by atoms with E-state index in [0.29, 0.717) is 6.42 Å². The van der Waals surface area contributed by atoms with E-state index in [1.54, 1.807) is 0 Å². The minimum atomic E-state index is -0.130. The summed E-state index contributed by atoms with van der Waals surface area (Å²) in [5.41, 5.74) is 0. The first kappa shape index (κ1) is 12.4. The number of amides is 1. The van der Waals surface area contributed by atoms with E-state index >= 15 is 0 Å². The number of ether oxygens (including phenoxy) is 1. The summed E-state index contributed by atoms with van der Waals surface area (Å²) in [6, 6.07) is 0.00765. The van der Waals surface area contributed by atoms with Crippen LogP contribution in [-0.2, 0) is 9.53 Å². The van der Waals surface area contributed by atoms with Crippen molar-refractivity contribution in [3.63, 3.8) is 0 Å². The van der Waals surface area contributed by atoms with Crippen molar-refractivity contribution in [3.8, 4) is 0 Å². The molecule has 4 nitrogen and oxygen atoms in total. The molecule has 0 aliphatic carbocycles. The summed E-state index contributed by atoms with van der Waals surface area (Å²) in [4.78, 5) is 11.1. The van der Waals surface area contributed by atoms with Gasteiger partial charge in [-0.1, -0.05) is 0 Å². The van der Waals surface area contributed by atoms with Gasteiger partial charge in [0.2, 0.25) is 5.91 Å². The molecule has 0 aliphatic rings.